The fraction of sp³-hybridized carbons (Fsp3) is 0.0909. The average Bonchev–Trinajstić information content (AvgIpc) is 2.17. The first-order valence-corrected chi connectivity index (χ1v) is 4.05. The number of carbonyl (C=O) groups excluding carboxylic acids is 1. The third-order valence-corrected chi connectivity index (χ3v) is 1.64. The Morgan fingerprint density at radius 3 is 2.43 bits per heavy atom. The van der Waals surface area contributed by atoms with Gasteiger partial charge >= 0.3 is 0 Å². The molecule has 0 fully saturated rings. The maximum atomic E-state index is 11.3. The molecule has 0 heterocycles. The van der Waals surface area contributed by atoms with E-state index in [1.165, 1.54) is 6.92 Å². The molecule has 1 N–H and O–H groups in total. The highest BCUT2D eigenvalue weighted by molar-refractivity contribution is 6.04. The molecule has 0 unspecified atom stereocenters. The molecule has 0 aliphatic carbocycles. The van der Waals surface area contributed by atoms with Crippen molar-refractivity contribution in [3.63, 3.8) is 0 Å². The van der Waals surface area contributed by atoms with Gasteiger partial charge < -0.3 is 5.11 Å². The normalized spacial score (nSPS) is 10.7. The summed E-state index contributed by atoms with van der Waals surface area (Å²) >= 11 is 0. The summed E-state index contributed by atoms with van der Waals surface area (Å²) in [7, 11) is 0. The Balaban J connectivity index is 2.94. The molecule has 1 rings (SSSR count). The molecule has 0 saturated carbocycles. The molecule has 0 aliphatic rings. The van der Waals surface area contributed by atoms with Crippen molar-refractivity contribution in [1.29, 1.82) is 5.26 Å². The largest absolute Gasteiger partial charge is 0.512 e. The van der Waals surface area contributed by atoms with E-state index in [4.69, 9.17) is 10.4 Å². The number of benzene rings is 1. The van der Waals surface area contributed by atoms with E-state index in [2.05, 4.69) is 0 Å². The van der Waals surface area contributed by atoms with E-state index in [-0.39, 0.29) is 11.5 Å². The van der Waals surface area contributed by atoms with Crippen molar-refractivity contribution in [2.75, 3.05) is 0 Å². The van der Waals surface area contributed by atoms with Crippen molar-refractivity contribution < 1.29 is 9.90 Å². The van der Waals surface area contributed by atoms with Crippen LogP contribution in [0, 0.1) is 11.3 Å². The van der Waals surface area contributed by atoms with Gasteiger partial charge in [-0.25, -0.2) is 0 Å². The van der Waals surface area contributed by atoms with Gasteiger partial charge in [-0.2, -0.15) is 5.26 Å². The van der Waals surface area contributed by atoms with Crippen LogP contribution in [-0.2, 0) is 0 Å². The molecule has 1 aromatic carbocycles. The van der Waals surface area contributed by atoms with Gasteiger partial charge in [-0.05, 0) is 31.2 Å². The Morgan fingerprint density at radius 1 is 1.43 bits per heavy atom. The average molecular weight is 187 g/mol. The number of allylic oxidation sites excluding steroid dienone is 2. The zero-order valence-corrected chi connectivity index (χ0v) is 7.69. The highest BCUT2D eigenvalue weighted by Gasteiger charge is 2.02. The molecule has 1 aromatic rings. The number of hydrogen-bond acceptors (Lipinski definition) is 3. The van der Waals surface area contributed by atoms with Gasteiger partial charge in [-0.3, -0.25) is 4.79 Å². The van der Waals surface area contributed by atoms with Crippen LogP contribution in [0.2, 0.25) is 0 Å². The third kappa shape index (κ3) is 2.46. The van der Waals surface area contributed by atoms with Gasteiger partial charge in [0.1, 0.15) is 0 Å². The van der Waals surface area contributed by atoms with E-state index in [0.717, 1.165) is 6.08 Å². The minimum absolute atomic E-state index is 0.0284. The highest BCUT2D eigenvalue weighted by atomic mass is 16.3. The number of aliphatic hydroxyl groups is 1. The number of hydrogen-bond donors (Lipinski definition) is 1. The van der Waals surface area contributed by atoms with Crippen LogP contribution in [0.5, 0.6) is 0 Å². The van der Waals surface area contributed by atoms with Gasteiger partial charge in [0.2, 0.25) is 0 Å². The molecular formula is C11H9NO2. The predicted molar refractivity (Wildman–Crippen MR) is 51.9 cm³/mol. The van der Waals surface area contributed by atoms with Gasteiger partial charge in [0.25, 0.3) is 0 Å². The van der Waals surface area contributed by atoms with Crippen LogP contribution in [0.4, 0.5) is 0 Å². The summed E-state index contributed by atoms with van der Waals surface area (Å²) < 4.78 is 0. The lowest BCUT2D eigenvalue weighted by atomic mass is 10.1. The summed E-state index contributed by atoms with van der Waals surface area (Å²) in [6, 6.07) is 8.20. The number of aliphatic hydroxyl groups excluding tert-OH is 1. The van der Waals surface area contributed by atoms with Gasteiger partial charge in [0, 0.05) is 11.6 Å². The number of nitriles is 1. The van der Waals surface area contributed by atoms with Crippen LogP contribution >= 0.6 is 0 Å². The summed E-state index contributed by atoms with van der Waals surface area (Å²) in [4.78, 5) is 11.3. The quantitative estimate of drug-likeness (QED) is 0.438. The van der Waals surface area contributed by atoms with Crippen molar-refractivity contribution >= 4 is 5.78 Å². The highest BCUT2D eigenvalue weighted by Crippen LogP contribution is 2.05. The van der Waals surface area contributed by atoms with E-state index >= 15 is 0 Å². The fourth-order valence-corrected chi connectivity index (χ4v) is 0.982. The molecule has 0 spiro atoms. The summed E-state index contributed by atoms with van der Waals surface area (Å²) in [5.74, 6) is -0.297. The van der Waals surface area contributed by atoms with E-state index in [0.29, 0.717) is 11.1 Å². The standard InChI is InChI=1S/C11H9NO2/c1-8(13)6-11(14)10-4-2-9(7-12)3-5-10/h2-6,13H,1H3. The van der Waals surface area contributed by atoms with E-state index < -0.39 is 0 Å². The van der Waals surface area contributed by atoms with Crippen LogP contribution in [0.1, 0.15) is 22.8 Å². The Hall–Kier alpha value is -2.08. The molecule has 0 aliphatic heterocycles. The molecule has 0 radical (unpaired) electrons. The molecule has 0 bridgehead atoms. The smallest absolute Gasteiger partial charge is 0.189 e. The first kappa shape index (κ1) is 10.0. The molecule has 0 aromatic heterocycles. The molecule has 0 atom stereocenters. The fourth-order valence-electron chi connectivity index (χ4n) is 0.982. The van der Waals surface area contributed by atoms with Crippen LogP contribution in [-0.4, -0.2) is 10.9 Å². The van der Waals surface area contributed by atoms with Gasteiger partial charge in [0.05, 0.1) is 17.4 Å². The Bertz CT molecular complexity index is 406. The summed E-state index contributed by atoms with van der Waals surface area (Å²) in [5, 5.41) is 17.4. The van der Waals surface area contributed by atoms with Gasteiger partial charge in [0.15, 0.2) is 5.78 Å². The van der Waals surface area contributed by atoms with Crippen molar-refractivity contribution in [2.24, 2.45) is 0 Å². The summed E-state index contributed by atoms with van der Waals surface area (Å²) in [5.41, 5.74) is 0.962. The first-order chi connectivity index (χ1) is 6.63. The molecule has 0 saturated heterocycles. The van der Waals surface area contributed by atoms with Crippen molar-refractivity contribution in [2.45, 2.75) is 6.92 Å². The predicted octanol–water partition coefficient (Wildman–Crippen LogP) is 2.20. The third-order valence-electron chi connectivity index (χ3n) is 1.64. The SMILES string of the molecule is CC(O)=CC(=O)c1ccc(C#N)cc1. The van der Waals surface area contributed by atoms with Crippen LogP contribution in [0.25, 0.3) is 0 Å². The van der Waals surface area contributed by atoms with Crippen LogP contribution in [0.15, 0.2) is 36.1 Å². The molecule has 3 nitrogen and oxygen atoms in total. The lowest BCUT2D eigenvalue weighted by Gasteiger charge is -1.95. The second-order valence-electron chi connectivity index (χ2n) is 2.84. The molecular weight excluding hydrogens is 178 g/mol. The van der Waals surface area contributed by atoms with Gasteiger partial charge in [-0.1, -0.05) is 0 Å². The summed E-state index contributed by atoms with van der Waals surface area (Å²) in [6.07, 6.45) is 1.14. The topological polar surface area (TPSA) is 61.1 Å². The van der Waals surface area contributed by atoms with E-state index in [1.807, 2.05) is 6.07 Å². The zero-order chi connectivity index (χ0) is 10.6. The van der Waals surface area contributed by atoms with Crippen LogP contribution in [0.3, 0.4) is 0 Å². The van der Waals surface area contributed by atoms with Crippen molar-refractivity contribution in [3.8, 4) is 6.07 Å². The Morgan fingerprint density at radius 2 is 2.00 bits per heavy atom. The lowest BCUT2D eigenvalue weighted by Crippen LogP contribution is -1.95. The second-order valence-corrected chi connectivity index (χ2v) is 2.84. The summed E-state index contributed by atoms with van der Waals surface area (Å²) in [6.45, 7) is 1.43. The minimum atomic E-state index is -0.269. The molecule has 14 heavy (non-hydrogen) atoms. The first-order valence-electron chi connectivity index (χ1n) is 4.05. The number of rotatable bonds is 2. The molecule has 3 heteroatoms. The Kier molecular flexibility index (Phi) is 3.03. The Labute approximate surface area is 81.9 Å². The lowest BCUT2D eigenvalue weighted by molar-refractivity contribution is 0.104. The van der Waals surface area contributed by atoms with Gasteiger partial charge in [-0.15, -0.1) is 0 Å². The molecule has 70 valence electrons. The van der Waals surface area contributed by atoms with Crippen molar-refractivity contribution in [3.05, 3.63) is 47.2 Å². The van der Waals surface area contributed by atoms with E-state index in [1.54, 1.807) is 24.3 Å². The second kappa shape index (κ2) is 4.24. The maximum absolute atomic E-state index is 11.3. The monoisotopic (exact) mass is 187 g/mol. The zero-order valence-electron chi connectivity index (χ0n) is 7.69. The number of nitrogens with zero attached hydrogens (tertiary/aromatic N) is 1. The van der Waals surface area contributed by atoms with Crippen LogP contribution < -0.4 is 0 Å². The van der Waals surface area contributed by atoms with Crippen molar-refractivity contribution in [1.82, 2.24) is 0 Å². The minimum Gasteiger partial charge on any atom is -0.512 e. The maximum Gasteiger partial charge on any atom is 0.189 e. The number of ketones is 1. The molecule has 0 amide bonds. The number of carbonyl (C=O) groups is 1. The van der Waals surface area contributed by atoms with E-state index in [9.17, 15) is 4.79 Å².